The Kier molecular flexibility index (Phi) is 15.6. The van der Waals surface area contributed by atoms with Crippen molar-refractivity contribution >= 4 is 36.5 Å². The van der Waals surface area contributed by atoms with Gasteiger partial charge < -0.3 is 11.5 Å². The zero-order valence-electron chi connectivity index (χ0n) is 11.3. The van der Waals surface area contributed by atoms with Crippen molar-refractivity contribution in [1.82, 2.24) is 0 Å². The average molecular weight is 299 g/mol. The van der Waals surface area contributed by atoms with Crippen molar-refractivity contribution in [3.63, 3.8) is 0 Å². The van der Waals surface area contributed by atoms with Crippen LogP contribution >= 0.6 is 24.8 Å². The van der Waals surface area contributed by atoms with Gasteiger partial charge in [-0.25, -0.2) is 9.98 Å². The lowest BCUT2D eigenvalue weighted by molar-refractivity contribution is 0.815. The van der Waals surface area contributed by atoms with Crippen molar-refractivity contribution in [2.24, 2.45) is 43.5 Å². The molecule has 0 saturated carbocycles. The molecular weight excluding hydrogens is 275 g/mol. The van der Waals surface area contributed by atoms with E-state index in [1.54, 1.807) is 0 Å². The molecule has 0 rings (SSSR count). The Labute approximate surface area is 121 Å². The molecule has 0 bridgehead atoms. The van der Waals surface area contributed by atoms with Gasteiger partial charge in [0.25, 0.3) is 0 Å². The van der Waals surface area contributed by atoms with Crippen molar-refractivity contribution < 1.29 is 0 Å². The summed E-state index contributed by atoms with van der Waals surface area (Å²) < 4.78 is 0. The van der Waals surface area contributed by atoms with Gasteiger partial charge in [-0.15, -0.1) is 24.8 Å². The van der Waals surface area contributed by atoms with Crippen LogP contribution in [0, 0.1) is 11.8 Å². The Morgan fingerprint density at radius 3 is 1.28 bits per heavy atom. The third-order valence-corrected chi connectivity index (χ3v) is 1.92. The molecule has 0 atom stereocenters. The first kappa shape index (κ1) is 22.3. The Balaban J connectivity index is -0.00000112. The number of azo groups is 1. The van der Waals surface area contributed by atoms with Crippen molar-refractivity contribution in [2.45, 2.75) is 27.7 Å². The molecule has 0 aliphatic carbocycles. The number of nitrogens with two attached hydrogens (primary N) is 2. The van der Waals surface area contributed by atoms with Crippen molar-refractivity contribution in [2.75, 3.05) is 13.3 Å². The Bertz CT molecular complexity index is 258. The van der Waals surface area contributed by atoms with E-state index in [1.165, 1.54) is 0 Å². The number of aliphatic imine (C=N–C) groups is 2. The molecule has 0 aromatic carbocycles. The van der Waals surface area contributed by atoms with E-state index in [1.807, 2.05) is 27.7 Å². The summed E-state index contributed by atoms with van der Waals surface area (Å²) in [5.74, 6) is 1.66. The number of amidine groups is 2. The highest BCUT2D eigenvalue weighted by molar-refractivity contribution is 5.85. The first-order valence-corrected chi connectivity index (χ1v) is 5.38. The summed E-state index contributed by atoms with van der Waals surface area (Å²) in [7, 11) is 0. The van der Waals surface area contributed by atoms with E-state index in [4.69, 9.17) is 11.5 Å². The van der Waals surface area contributed by atoms with Crippen molar-refractivity contribution in [3.8, 4) is 0 Å². The van der Waals surface area contributed by atoms with Gasteiger partial charge in [-0.3, -0.25) is 0 Å². The van der Waals surface area contributed by atoms with Crippen molar-refractivity contribution in [3.05, 3.63) is 0 Å². The lowest BCUT2D eigenvalue weighted by Gasteiger charge is -2.01. The molecule has 0 saturated heterocycles. The third-order valence-electron chi connectivity index (χ3n) is 1.92. The maximum Gasteiger partial charge on any atom is 0.152 e. The predicted octanol–water partition coefficient (Wildman–Crippen LogP) is 2.22. The van der Waals surface area contributed by atoms with Crippen LogP contribution in [0.4, 0.5) is 0 Å². The van der Waals surface area contributed by atoms with Gasteiger partial charge in [0, 0.05) is 11.8 Å². The lowest BCUT2D eigenvalue weighted by atomic mass is 10.2. The smallest absolute Gasteiger partial charge is 0.152 e. The van der Waals surface area contributed by atoms with Gasteiger partial charge in [0.1, 0.15) is 0 Å². The van der Waals surface area contributed by atoms with Crippen molar-refractivity contribution in [1.29, 1.82) is 0 Å². The Hall–Kier alpha value is -0.880. The fourth-order valence-electron chi connectivity index (χ4n) is 0.681. The highest BCUT2D eigenvalue weighted by atomic mass is 35.5. The second kappa shape index (κ2) is 12.6. The monoisotopic (exact) mass is 298 g/mol. The van der Waals surface area contributed by atoms with Gasteiger partial charge in [-0.05, 0) is 0 Å². The van der Waals surface area contributed by atoms with Crippen LogP contribution in [0.1, 0.15) is 27.7 Å². The van der Waals surface area contributed by atoms with Crippen LogP contribution < -0.4 is 11.5 Å². The number of hydrogen-bond donors (Lipinski definition) is 2. The SMILES string of the molecule is CC(C)/C(N)=N/C/N=N/C/N=C(/N)C(C)C.Cl.Cl. The summed E-state index contributed by atoms with van der Waals surface area (Å²) >= 11 is 0. The van der Waals surface area contributed by atoms with Crippen LogP contribution in [0.15, 0.2) is 20.2 Å². The highest BCUT2D eigenvalue weighted by Gasteiger charge is 1.97. The van der Waals surface area contributed by atoms with Gasteiger partial charge in [0.2, 0.25) is 0 Å². The molecule has 0 aliphatic rings. The largest absolute Gasteiger partial charge is 0.387 e. The predicted molar refractivity (Wildman–Crippen MR) is 82.0 cm³/mol. The van der Waals surface area contributed by atoms with E-state index < -0.39 is 0 Å². The summed E-state index contributed by atoms with van der Waals surface area (Å²) in [5, 5.41) is 7.64. The first-order chi connectivity index (χ1) is 7.45. The quantitative estimate of drug-likeness (QED) is 0.446. The number of halogens is 2. The molecule has 0 spiro atoms. The van der Waals surface area contributed by atoms with E-state index >= 15 is 0 Å². The Morgan fingerprint density at radius 1 is 0.778 bits per heavy atom. The summed E-state index contributed by atoms with van der Waals surface area (Å²) in [6.45, 7) is 8.41. The van der Waals surface area contributed by atoms with Crippen LogP contribution in [-0.4, -0.2) is 25.0 Å². The molecule has 4 N–H and O–H groups in total. The van der Waals surface area contributed by atoms with Gasteiger partial charge in [-0.1, -0.05) is 27.7 Å². The topological polar surface area (TPSA) is 101 Å². The van der Waals surface area contributed by atoms with E-state index in [0.29, 0.717) is 11.7 Å². The molecule has 0 aliphatic heterocycles. The minimum Gasteiger partial charge on any atom is -0.387 e. The first-order valence-electron chi connectivity index (χ1n) is 5.38. The van der Waals surface area contributed by atoms with Crippen LogP contribution in [0.25, 0.3) is 0 Å². The van der Waals surface area contributed by atoms with Gasteiger partial charge in [-0.2, -0.15) is 10.2 Å². The van der Waals surface area contributed by atoms with E-state index in [9.17, 15) is 0 Å². The van der Waals surface area contributed by atoms with Gasteiger partial charge in [0.15, 0.2) is 13.3 Å². The summed E-state index contributed by atoms with van der Waals surface area (Å²) in [6, 6.07) is 0. The molecule has 108 valence electrons. The van der Waals surface area contributed by atoms with Crippen LogP contribution in [0.3, 0.4) is 0 Å². The van der Waals surface area contributed by atoms with Gasteiger partial charge in [0.05, 0.1) is 11.7 Å². The molecule has 0 amide bonds. The maximum atomic E-state index is 5.62. The molecule has 0 aromatic rings. The van der Waals surface area contributed by atoms with Crippen LogP contribution in [-0.2, 0) is 0 Å². The number of hydrogen-bond acceptors (Lipinski definition) is 4. The van der Waals surface area contributed by atoms with Gasteiger partial charge >= 0.3 is 0 Å². The van der Waals surface area contributed by atoms with Crippen LogP contribution in [0.2, 0.25) is 0 Å². The highest BCUT2D eigenvalue weighted by Crippen LogP contribution is 1.93. The minimum absolute atomic E-state index is 0. The molecule has 0 radical (unpaired) electrons. The van der Waals surface area contributed by atoms with E-state index in [2.05, 4.69) is 20.2 Å². The average Bonchev–Trinajstić information content (AvgIpc) is 2.21. The summed E-state index contributed by atoms with van der Waals surface area (Å²) in [4.78, 5) is 8.06. The fourth-order valence-corrected chi connectivity index (χ4v) is 0.681. The second-order valence-corrected chi connectivity index (χ2v) is 4.04. The zero-order chi connectivity index (χ0) is 12.6. The van der Waals surface area contributed by atoms with Crippen LogP contribution in [0.5, 0.6) is 0 Å². The molecule has 0 aromatic heterocycles. The number of nitrogens with zero attached hydrogens (tertiary/aromatic N) is 4. The maximum absolute atomic E-state index is 5.62. The third kappa shape index (κ3) is 11.6. The molecular formula is C10H24Cl2N6. The molecule has 6 nitrogen and oxygen atoms in total. The molecule has 0 fully saturated rings. The molecule has 0 heterocycles. The minimum atomic E-state index is 0. The zero-order valence-corrected chi connectivity index (χ0v) is 13.0. The molecule has 8 heteroatoms. The number of rotatable bonds is 6. The summed E-state index contributed by atoms with van der Waals surface area (Å²) in [5.41, 5.74) is 11.2. The second-order valence-electron chi connectivity index (χ2n) is 4.04. The van der Waals surface area contributed by atoms with E-state index in [-0.39, 0.29) is 50.0 Å². The lowest BCUT2D eigenvalue weighted by Crippen LogP contribution is -2.19. The molecule has 0 unspecified atom stereocenters. The van der Waals surface area contributed by atoms with E-state index in [0.717, 1.165) is 0 Å². The Morgan fingerprint density at radius 2 is 1.06 bits per heavy atom. The summed E-state index contributed by atoms with van der Waals surface area (Å²) in [6.07, 6.45) is 0. The standard InChI is InChI=1S/C10H22N6.2ClH/c1-7(2)9(11)13-5-15-16-6-14-10(12)8(3)4;;/h7-8H,5-6H2,1-4H3,(H2,11,13)(H2,12,14);2*1H/b16-15+;;. The normalized spacial score (nSPS) is 12.8. The fraction of sp³-hybridized carbons (Fsp3) is 0.800. The molecule has 18 heavy (non-hydrogen) atoms.